The van der Waals surface area contributed by atoms with Gasteiger partial charge in [-0.05, 0) is 77.3 Å². The van der Waals surface area contributed by atoms with Crippen molar-refractivity contribution in [3.8, 4) is 0 Å². The molecule has 0 aliphatic carbocycles. The molecule has 0 bridgehead atoms. The van der Waals surface area contributed by atoms with Crippen molar-refractivity contribution in [2.45, 2.75) is 65.2 Å². The summed E-state index contributed by atoms with van der Waals surface area (Å²) in [6.07, 6.45) is -0.847. The molecule has 13 heteroatoms. The molecular formula is C29H39F3IN8P. The number of rotatable bonds is 10. The SMILES string of the molecule is C=C(C)N1CCC(Nc2nc(C(F)(F)F)nc3c(NCC(C)CN4CCc5cc(CC)ccc5C4)nn(PI)c23)CC1. The summed E-state index contributed by atoms with van der Waals surface area (Å²) in [7, 11) is 0. The number of benzene rings is 1. The highest BCUT2D eigenvalue weighted by atomic mass is 127. The van der Waals surface area contributed by atoms with Crippen LogP contribution >= 0.6 is 28.4 Å². The van der Waals surface area contributed by atoms with Crippen LogP contribution in [-0.4, -0.2) is 68.1 Å². The van der Waals surface area contributed by atoms with E-state index in [-0.39, 0.29) is 29.7 Å². The van der Waals surface area contributed by atoms with Crippen LogP contribution in [0.5, 0.6) is 0 Å². The van der Waals surface area contributed by atoms with Gasteiger partial charge in [-0.1, -0.05) is 38.6 Å². The average molecular weight is 715 g/mol. The van der Waals surface area contributed by atoms with E-state index in [1.54, 1.807) is 4.45 Å². The quantitative estimate of drug-likeness (QED) is 0.179. The fourth-order valence-electron chi connectivity index (χ4n) is 5.84. The zero-order chi connectivity index (χ0) is 30.0. The summed E-state index contributed by atoms with van der Waals surface area (Å²) in [6, 6.07) is 6.80. The lowest BCUT2D eigenvalue weighted by Crippen LogP contribution is -2.38. The summed E-state index contributed by atoms with van der Waals surface area (Å²) in [5, 5.41) is 11.3. The second kappa shape index (κ2) is 13.2. The van der Waals surface area contributed by atoms with Gasteiger partial charge in [0, 0.05) is 51.0 Å². The Labute approximate surface area is 260 Å². The van der Waals surface area contributed by atoms with Gasteiger partial charge in [0.2, 0.25) is 5.82 Å². The van der Waals surface area contributed by atoms with Crippen LogP contribution < -0.4 is 10.6 Å². The number of piperidine rings is 1. The van der Waals surface area contributed by atoms with E-state index in [0.29, 0.717) is 17.9 Å². The van der Waals surface area contributed by atoms with Gasteiger partial charge in [-0.3, -0.25) is 4.90 Å². The van der Waals surface area contributed by atoms with Crippen LogP contribution in [0.2, 0.25) is 0 Å². The molecule has 0 spiro atoms. The van der Waals surface area contributed by atoms with Gasteiger partial charge in [0.1, 0.15) is 11.0 Å². The standard InChI is InChI=1S/C29H39F3IN8P/c1-5-20-6-7-22-17-39(11-8-21(22)14-20)16-19(4)15-34-26-24-25(41(38-26)42-33)27(37-28(36-24)29(30,31)32)35-23-9-12-40(13-10-23)18(2)3/h6-7,14,19,23,42H,2,5,8-13,15-17H2,1,3-4H3,(H,34,38)(H,35,36,37). The van der Waals surface area contributed by atoms with Crippen molar-refractivity contribution in [1.82, 2.24) is 29.3 Å². The lowest BCUT2D eigenvalue weighted by atomic mass is 9.96. The van der Waals surface area contributed by atoms with Crippen LogP contribution in [0.15, 0.2) is 30.5 Å². The minimum absolute atomic E-state index is 0.000319. The number of allylic oxidation sites excluding steroid dienone is 1. The minimum Gasteiger partial charge on any atom is -0.375 e. The Balaban J connectivity index is 1.31. The Morgan fingerprint density at radius 3 is 2.60 bits per heavy atom. The number of nitrogens with zero attached hydrogens (tertiary/aromatic N) is 6. The molecule has 2 aliphatic rings. The van der Waals surface area contributed by atoms with Gasteiger partial charge < -0.3 is 15.5 Å². The summed E-state index contributed by atoms with van der Waals surface area (Å²) >= 11 is 2.19. The Hall–Kier alpha value is -2.18. The Morgan fingerprint density at radius 2 is 1.93 bits per heavy atom. The summed E-state index contributed by atoms with van der Waals surface area (Å²) in [4.78, 5) is 12.6. The lowest BCUT2D eigenvalue weighted by Gasteiger charge is -2.34. The Kier molecular flexibility index (Phi) is 9.83. The number of alkyl halides is 3. The Morgan fingerprint density at radius 1 is 1.17 bits per heavy atom. The van der Waals surface area contributed by atoms with Gasteiger partial charge in [0.25, 0.3) is 0 Å². The molecule has 2 unspecified atom stereocenters. The van der Waals surface area contributed by atoms with Crippen molar-refractivity contribution in [2.75, 3.05) is 43.4 Å². The minimum atomic E-state index is -4.67. The van der Waals surface area contributed by atoms with E-state index in [4.69, 9.17) is 0 Å². The molecule has 8 nitrogen and oxygen atoms in total. The van der Waals surface area contributed by atoms with Gasteiger partial charge >= 0.3 is 6.18 Å². The average Bonchev–Trinajstić information content (AvgIpc) is 3.33. The molecule has 5 rings (SSSR count). The highest BCUT2D eigenvalue weighted by Gasteiger charge is 2.37. The highest BCUT2D eigenvalue weighted by molar-refractivity contribution is 14.2. The van der Waals surface area contributed by atoms with E-state index in [1.165, 1.54) is 16.7 Å². The third kappa shape index (κ3) is 7.13. The van der Waals surface area contributed by atoms with Crippen molar-refractivity contribution in [3.05, 3.63) is 53.0 Å². The number of hydrogen-bond acceptors (Lipinski definition) is 7. The van der Waals surface area contributed by atoms with Crippen molar-refractivity contribution in [3.63, 3.8) is 0 Å². The second-order valence-corrected chi connectivity index (χ2v) is 13.5. The normalized spacial score (nSPS) is 17.6. The van der Waals surface area contributed by atoms with Crippen molar-refractivity contribution < 1.29 is 13.2 Å². The van der Waals surface area contributed by atoms with E-state index < -0.39 is 12.0 Å². The van der Waals surface area contributed by atoms with Crippen LogP contribution in [-0.2, 0) is 25.6 Å². The van der Waals surface area contributed by atoms with Crippen LogP contribution in [0, 0.1) is 5.92 Å². The first kappa shape index (κ1) is 31.3. The van der Waals surface area contributed by atoms with E-state index >= 15 is 0 Å². The molecule has 1 fully saturated rings. The first-order valence-electron chi connectivity index (χ1n) is 14.5. The zero-order valence-corrected chi connectivity index (χ0v) is 27.5. The van der Waals surface area contributed by atoms with E-state index in [1.807, 2.05) is 6.92 Å². The maximum atomic E-state index is 13.9. The summed E-state index contributed by atoms with van der Waals surface area (Å²) < 4.78 is 43.5. The molecule has 0 amide bonds. The number of hydrogen-bond donors (Lipinski definition) is 2. The van der Waals surface area contributed by atoms with Crippen LogP contribution in [0.1, 0.15) is 56.1 Å². The third-order valence-electron chi connectivity index (χ3n) is 8.19. The maximum absolute atomic E-state index is 13.9. The van der Waals surface area contributed by atoms with Gasteiger partial charge in [-0.2, -0.15) is 13.2 Å². The van der Waals surface area contributed by atoms with Crippen LogP contribution in [0.25, 0.3) is 11.0 Å². The predicted molar refractivity (Wildman–Crippen MR) is 174 cm³/mol. The molecule has 2 atom stereocenters. The van der Waals surface area contributed by atoms with Gasteiger partial charge in [0.05, 0.1) is 6.37 Å². The molecule has 2 aromatic heterocycles. The Bertz CT molecular complexity index is 1420. The topological polar surface area (TPSA) is 74.1 Å². The largest absolute Gasteiger partial charge is 0.451 e. The number of fused-ring (bicyclic) bond motifs is 2. The summed E-state index contributed by atoms with van der Waals surface area (Å²) in [6.45, 7) is 15.3. The maximum Gasteiger partial charge on any atom is 0.451 e. The van der Waals surface area contributed by atoms with Crippen LogP contribution in [0.4, 0.5) is 24.8 Å². The number of halogens is 4. The number of aromatic nitrogens is 4. The number of anilines is 2. The van der Waals surface area contributed by atoms with E-state index in [2.05, 4.69) is 96.2 Å². The molecular weight excluding hydrogens is 675 g/mol. The summed E-state index contributed by atoms with van der Waals surface area (Å²) in [5.41, 5.74) is 5.91. The molecule has 0 saturated carbocycles. The fourth-order valence-corrected chi connectivity index (χ4v) is 7.32. The zero-order valence-electron chi connectivity index (χ0n) is 24.4. The molecule has 4 heterocycles. The van der Waals surface area contributed by atoms with Gasteiger partial charge in [0.15, 0.2) is 11.6 Å². The highest BCUT2D eigenvalue weighted by Crippen LogP contribution is 2.38. The van der Waals surface area contributed by atoms with Crippen LogP contribution in [0.3, 0.4) is 0 Å². The van der Waals surface area contributed by atoms with E-state index in [9.17, 15) is 13.2 Å². The second-order valence-electron chi connectivity index (χ2n) is 11.5. The fraction of sp³-hybridized carbons (Fsp3) is 0.552. The number of likely N-dealkylation sites (tertiary alicyclic amines) is 1. The van der Waals surface area contributed by atoms with Crippen molar-refractivity contribution in [1.29, 1.82) is 0 Å². The first-order valence-corrected chi connectivity index (χ1v) is 18.6. The molecule has 228 valence electrons. The monoisotopic (exact) mass is 714 g/mol. The smallest absolute Gasteiger partial charge is 0.375 e. The molecule has 42 heavy (non-hydrogen) atoms. The molecule has 1 aromatic carbocycles. The predicted octanol–water partition coefficient (Wildman–Crippen LogP) is 6.72. The van der Waals surface area contributed by atoms with E-state index in [0.717, 1.165) is 64.1 Å². The molecule has 2 aliphatic heterocycles. The molecule has 0 radical (unpaired) electrons. The van der Waals surface area contributed by atoms with Crippen molar-refractivity contribution >= 4 is 51.1 Å². The third-order valence-corrected chi connectivity index (χ3v) is 10.0. The van der Waals surface area contributed by atoms with Gasteiger partial charge in [-0.15, -0.1) is 5.10 Å². The first-order chi connectivity index (χ1) is 20.0. The number of aryl methyl sites for hydroxylation is 1. The molecule has 2 N–H and O–H groups in total. The number of nitrogens with one attached hydrogen (secondary N) is 2. The summed E-state index contributed by atoms with van der Waals surface area (Å²) in [5.74, 6) is -0.339. The lowest BCUT2D eigenvalue weighted by molar-refractivity contribution is -0.144. The van der Waals surface area contributed by atoms with Crippen molar-refractivity contribution in [2.24, 2.45) is 5.92 Å². The molecule has 1 saturated heterocycles. The van der Waals surface area contributed by atoms with Gasteiger partial charge in [-0.25, -0.2) is 14.4 Å². The molecule has 3 aromatic rings.